The van der Waals surface area contributed by atoms with E-state index in [9.17, 15) is 4.79 Å². The second-order valence-electron chi connectivity index (χ2n) is 4.04. The monoisotopic (exact) mass is 256 g/mol. The number of thiophene rings is 1. The van der Waals surface area contributed by atoms with E-state index in [0.717, 1.165) is 0 Å². The molecule has 1 unspecified atom stereocenters. The van der Waals surface area contributed by atoms with Gasteiger partial charge in [0, 0.05) is 24.1 Å². The average Bonchev–Trinajstić information content (AvgIpc) is 2.79. The topological polar surface area (TPSA) is 50.4 Å². The van der Waals surface area contributed by atoms with Gasteiger partial charge in [0.25, 0.3) is 0 Å². The third-order valence-corrected chi connectivity index (χ3v) is 3.42. The van der Waals surface area contributed by atoms with Crippen LogP contribution in [0.4, 0.5) is 0 Å². The third-order valence-electron chi connectivity index (χ3n) is 2.36. The summed E-state index contributed by atoms with van der Waals surface area (Å²) in [6.07, 6.45) is 0. The number of carbonyl (C=O) groups is 1. The number of nitrogens with one attached hydrogen (secondary N) is 2. The van der Waals surface area contributed by atoms with E-state index in [2.05, 4.69) is 23.6 Å². The molecule has 0 saturated carbocycles. The molecule has 0 saturated heterocycles. The van der Waals surface area contributed by atoms with Crippen LogP contribution in [0.3, 0.4) is 0 Å². The summed E-state index contributed by atoms with van der Waals surface area (Å²) in [6, 6.07) is 4.33. The van der Waals surface area contributed by atoms with Gasteiger partial charge >= 0.3 is 0 Å². The van der Waals surface area contributed by atoms with Gasteiger partial charge in [-0.2, -0.15) is 0 Å². The summed E-state index contributed by atoms with van der Waals surface area (Å²) in [5.74, 6) is -0.00189. The highest BCUT2D eigenvalue weighted by Crippen LogP contribution is 2.17. The van der Waals surface area contributed by atoms with Gasteiger partial charge in [0.05, 0.1) is 13.2 Å². The van der Waals surface area contributed by atoms with Crippen LogP contribution in [0.25, 0.3) is 0 Å². The highest BCUT2D eigenvalue weighted by molar-refractivity contribution is 7.10. The van der Waals surface area contributed by atoms with Crippen LogP contribution in [0.1, 0.15) is 24.8 Å². The number of ether oxygens (including phenoxy) is 1. The van der Waals surface area contributed by atoms with Crippen molar-refractivity contribution < 1.29 is 9.53 Å². The Bertz CT molecular complexity index is 327. The first-order chi connectivity index (χ1) is 8.13. The first kappa shape index (κ1) is 14.2. The molecule has 5 heteroatoms. The lowest BCUT2D eigenvalue weighted by atomic mass is 10.2. The quantitative estimate of drug-likeness (QED) is 0.778. The maximum absolute atomic E-state index is 11.6. The van der Waals surface area contributed by atoms with E-state index in [1.165, 1.54) is 4.88 Å². The molecular formula is C12H20N2O2S. The minimum atomic E-state index is -0.00189. The first-order valence-electron chi connectivity index (χ1n) is 5.68. The summed E-state index contributed by atoms with van der Waals surface area (Å²) < 4.78 is 4.96. The van der Waals surface area contributed by atoms with Gasteiger partial charge in [-0.3, -0.25) is 4.79 Å². The molecule has 4 nitrogen and oxygen atoms in total. The largest absolute Gasteiger partial charge is 0.383 e. The zero-order valence-corrected chi connectivity index (χ0v) is 11.3. The van der Waals surface area contributed by atoms with Crippen molar-refractivity contribution in [3.8, 4) is 0 Å². The van der Waals surface area contributed by atoms with Crippen molar-refractivity contribution in [1.82, 2.24) is 10.6 Å². The first-order valence-corrected chi connectivity index (χ1v) is 6.56. The molecule has 2 atom stereocenters. The van der Waals surface area contributed by atoms with E-state index in [4.69, 9.17) is 4.74 Å². The number of hydrogen-bond donors (Lipinski definition) is 2. The molecule has 2 N–H and O–H groups in total. The summed E-state index contributed by atoms with van der Waals surface area (Å²) in [7, 11) is 1.62. The van der Waals surface area contributed by atoms with Crippen LogP contribution < -0.4 is 10.6 Å². The Morgan fingerprint density at radius 1 is 1.53 bits per heavy atom. The van der Waals surface area contributed by atoms with Crippen molar-refractivity contribution >= 4 is 17.2 Å². The molecule has 96 valence electrons. The van der Waals surface area contributed by atoms with Crippen LogP contribution in [0, 0.1) is 0 Å². The van der Waals surface area contributed by atoms with Gasteiger partial charge in [0.2, 0.25) is 5.91 Å². The molecule has 0 spiro atoms. The van der Waals surface area contributed by atoms with Crippen molar-refractivity contribution in [3.05, 3.63) is 22.4 Å². The fourth-order valence-corrected chi connectivity index (χ4v) is 2.26. The number of rotatable bonds is 7. The predicted octanol–water partition coefficient (Wildman–Crippen LogP) is 1.55. The second kappa shape index (κ2) is 7.42. The normalized spacial score (nSPS) is 14.3. The number of carbonyl (C=O) groups excluding carboxylic acids is 1. The summed E-state index contributed by atoms with van der Waals surface area (Å²) in [4.78, 5) is 12.8. The standard InChI is InChI=1S/C12H20N2O2S/c1-9(8-16-3)14-12(15)7-13-10(2)11-5-4-6-17-11/h4-6,9-10,13H,7-8H2,1-3H3,(H,14,15)/t9?,10-/m1/s1. The van der Waals surface area contributed by atoms with Gasteiger partial charge < -0.3 is 15.4 Å². The van der Waals surface area contributed by atoms with Crippen LogP contribution in [0.5, 0.6) is 0 Å². The molecule has 0 aliphatic rings. The summed E-state index contributed by atoms with van der Waals surface area (Å²) in [5, 5.41) is 8.08. The molecule has 1 rings (SSSR count). The number of hydrogen-bond acceptors (Lipinski definition) is 4. The molecule has 1 heterocycles. The van der Waals surface area contributed by atoms with Gasteiger partial charge in [0.1, 0.15) is 0 Å². The Morgan fingerprint density at radius 3 is 2.88 bits per heavy atom. The molecule has 0 aliphatic heterocycles. The van der Waals surface area contributed by atoms with E-state index in [-0.39, 0.29) is 18.0 Å². The van der Waals surface area contributed by atoms with Gasteiger partial charge in [-0.15, -0.1) is 11.3 Å². The second-order valence-corrected chi connectivity index (χ2v) is 5.02. The van der Waals surface area contributed by atoms with Crippen molar-refractivity contribution in [3.63, 3.8) is 0 Å². The van der Waals surface area contributed by atoms with Crippen LogP contribution in [0.2, 0.25) is 0 Å². The minimum Gasteiger partial charge on any atom is -0.383 e. The van der Waals surface area contributed by atoms with Crippen LogP contribution in [-0.2, 0) is 9.53 Å². The van der Waals surface area contributed by atoms with Gasteiger partial charge in [0.15, 0.2) is 0 Å². The lowest BCUT2D eigenvalue weighted by molar-refractivity contribution is -0.121. The lowest BCUT2D eigenvalue weighted by Gasteiger charge is -2.15. The molecule has 0 radical (unpaired) electrons. The summed E-state index contributed by atoms with van der Waals surface area (Å²) >= 11 is 1.69. The highest BCUT2D eigenvalue weighted by Gasteiger charge is 2.10. The molecule has 0 bridgehead atoms. The van der Waals surface area contributed by atoms with Crippen LogP contribution in [-0.4, -0.2) is 32.2 Å². The smallest absolute Gasteiger partial charge is 0.234 e. The molecule has 1 amide bonds. The van der Waals surface area contributed by atoms with Gasteiger partial charge in [-0.1, -0.05) is 6.07 Å². The average molecular weight is 256 g/mol. The fourth-order valence-electron chi connectivity index (χ4n) is 1.50. The van der Waals surface area contributed by atoms with E-state index < -0.39 is 0 Å². The molecule has 0 fully saturated rings. The molecule has 1 aromatic heterocycles. The zero-order chi connectivity index (χ0) is 12.7. The Balaban J connectivity index is 2.24. The van der Waals surface area contributed by atoms with E-state index >= 15 is 0 Å². The van der Waals surface area contributed by atoms with Crippen molar-refractivity contribution in [2.45, 2.75) is 25.9 Å². The molecule has 0 aliphatic carbocycles. The lowest BCUT2D eigenvalue weighted by Crippen LogP contribution is -2.41. The summed E-state index contributed by atoms with van der Waals surface area (Å²) in [6.45, 7) is 4.83. The van der Waals surface area contributed by atoms with Gasteiger partial charge in [-0.05, 0) is 25.3 Å². The zero-order valence-electron chi connectivity index (χ0n) is 10.5. The predicted molar refractivity (Wildman–Crippen MR) is 70.2 cm³/mol. The van der Waals surface area contributed by atoms with E-state index in [1.807, 2.05) is 18.4 Å². The Morgan fingerprint density at radius 2 is 2.29 bits per heavy atom. The fraction of sp³-hybridized carbons (Fsp3) is 0.583. The SMILES string of the molecule is COCC(C)NC(=O)CN[C@H](C)c1cccs1. The maximum atomic E-state index is 11.6. The molecule has 17 heavy (non-hydrogen) atoms. The van der Waals surface area contributed by atoms with Crippen LogP contribution in [0.15, 0.2) is 17.5 Å². The van der Waals surface area contributed by atoms with Crippen molar-refractivity contribution in [1.29, 1.82) is 0 Å². The van der Waals surface area contributed by atoms with Crippen LogP contribution >= 0.6 is 11.3 Å². The van der Waals surface area contributed by atoms with Gasteiger partial charge in [-0.25, -0.2) is 0 Å². The van der Waals surface area contributed by atoms with E-state index in [1.54, 1.807) is 18.4 Å². The number of amides is 1. The van der Waals surface area contributed by atoms with E-state index in [0.29, 0.717) is 13.2 Å². The Kier molecular flexibility index (Phi) is 6.18. The molecule has 0 aromatic carbocycles. The Hall–Kier alpha value is -0.910. The molecular weight excluding hydrogens is 236 g/mol. The maximum Gasteiger partial charge on any atom is 0.234 e. The third kappa shape index (κ3) is 5.30. The Labute approximate surface area is 106 Å². The number of methoxy groups -OCH3 is 1. The van der Waals surface area contributed by atoms with Crippen molar-refractivity contribution in [2.24, 2.45) is 0 Å². The minimum absolute atomic E-state index is 0.00189. The highest BCUT2D eigenvalue weighted by atomic mass is 32.1. The van der Waals surface area contributed by atoms with Crippen molar-refractivity contribution in [2.75, 3.05) is 20.3 Å². The summed E-state index contributed by atoms with van der Waals surface area (Å²) in [5.41, 5.74) is 0. The molecule has 1 aromatic rings.